The van der Waals surface area contributed by atoms with Crippen LogP contribution in [0.5, 0.6) is 0 Å². The molecule has 0 fully saturated rings. The van der Waals surface area contributed by atoms with Crippen LogP contribution in [-0.4, -0.2) is 31.0 Å². The third-order valence-electron chi connectivity index (χ3n) is 4.26. The predicted molar refractivity (Wildman–Crippen MR) is 117 cm³/mol. The van der Waals surface area contributed by atoms with Crippen LogP contribution in [0.3, 0.4) is 0 Å². The minimum Gasteiger partial charge on any atom is -0.310 e. The van der Waals surface area contributed by atoms with Gasteiger partial charge in [0.2, 0.25) is 5.91 Å². The van der Waals surface area contributed by atoms with Crippen LogP contribution in [0, 0.1) is 0 Å². The first-order valence-corrected chi connectivity index (χ1v) is 10.9. The number of hydrogen-bond donors (Lipinski definition) is 1. The number of hydrogen-bond acceptors (Lipinski definition) is 6. The lowest BCUT2D eigenvalue weighted by Gasteiger charge is -2.10. The fraction of sp³-hybridized carbons (Fsp3) is 0.158. The summed E-state index contributed by atoms with van der Waals surface area (Å²) in [4.78, 5) is 30.0. The second-order valence-corrected chi connectivity index (χ2v) is 8.44. The van der Waals surface area contributed by atoms with Crippen molar-refractivity contribution in [1.82, 2.24) is 19.3 Å². The lowest BCUT2D eigenvalue weighted by atomic mass is 10.2. The Bertz CT molecular complexity index is 1250. The molecule has 0 bridgehead atoms. The number of thiophene rings is 1. The summed E-state index contributed by atoms with van der Waals surface area (Å²) < 4.78 is 3.14. The molecule has 7 nitrogen and oxygen atoms in total. The van der Waals surface area contributed by atoms with Crippen LogP contribution in [0.1, 0.15) is 5.56 Å². The van der Waals surface area contributed by atoms with Gasteiger partial charge in [-0.15, -0.1) is 11.3 Å². The number of anilines is 1. The fourth-order valence-electron chi connectivity index (χ4n) is 2.77. The number of carbonyl (C=O) groups is 1. The zero-order valence-electron chi connectivity index (χ0n) is 15.3. The Labute approximate surface area is 179 Å². The molecule has 3 aromatic heterocycles. The molecule has 0 aliphatic carbocycles. The average Bonchev–Trinajstić information content (AvgIpc) is 3.35. The molecule has 0 saturated carbocycles. The maximum Gasteiger partial charge on any atom is 0.262 e. The summed E-state index contributed by atoms with van der Waals surface area (Å²) in [5, 5.41) is 10.7. The number of fused-ring (bicyclic) bond motifs is 1. The van der Waals surface area contributed by atoms with E-state index in [0.29, 0.717) is 32.8 Å². The molecule has 1 N–H and O–H groups in total. The number of benzene rings is 1. The van der Waals surface area contributed by atoms with Gasteiger partial charge in [-0.3, -0.25) is 14.2 Å². The molecule has 4 aromatic rings. The highest BCUT2D eigenvalue weighted by Crippen LogP contribution is 2.21. The topological polar surface area (TPSA) is 81.8 Å². The van der Waals surface area contributed by atoms with Gasteiger partial charge < -0.3 is 5.32 Å². The van der Waals surface area contributed by atoms with Crippen LogP contribution in [0.2, 0.25) is 5.02 Å². The molecule has 29 heavy (non-hydrogen) atoms. The quantitative estimate of drug-likeness (QED) is 0.362. The van der Waals surface area contributed by atoms with Crippen molar-refractivity contribution >= 4 is 56.6 Å². The number of aromatic nitrogens is 4. The van der Waals surface area contributed by atoms with Crippen molar-refractivity contribution < 1.29 is 4.79 Å². The van der Waals surface area contributed by atoms with E-state index in [1.165, 1.54) is 27.7 Å². The highest BCUT2D eigenvalue weighted by Gasteiger charge is 2.13. The van der Waals surface area contributed by atoms with Crippen molar-refractivity contribution in [1.29, 1.82) is 0 Å². The molecule has 1 aromatic carbocycles. The van der Waals surface area contributed by atoms with Crippen molar-refractivity contribution in [2.45, 2.75) is 11.7 Å². The lowest BCUT2D eigenvalue weighted by molar-refractivity contribution is -0.113. The molecule has 3 heterocycles. The molecular weight excluding hydrogens is 430 g/mol. The van der Waals surface area contributed by atoms with Gasteiger partial charge in [0.05, 0.1) is 23.9 Å². The van der Waals surface area contributed by atoms with Crippen molar-refractivity contribution in [3.63, 3.8) is 0 Å². The molecule has 0 unspecified atom stereocenters. The van der Waals surface area contributed by atoms with Gasteiger partial charge in [0.15, 0.2) is 5.16 Å². The van der Waals surface area contributed by atoms with E-state index in [1.807, 2.05) is 29.6 Å². The summed E-state index contributed by atoms with van der Waals surface area (Å²) in [6.07, 6.45) is 1.62. The smallest absolute Gasteiger partial charge is 0.262 e. The van der Waals surface area contributed by atoms with Gasteiger partial charge in [0.25, 0.3) is 5.56 Å². The highest BCUT2D eigenvalue weighted by atomic mass is 35.5. The number of nitrogens with zero attached hydrogens (tertiary/aromatic N) is 4. The van der Waals surface area contributed by atoms with Gasteiger partial charge in [-0.1, -0.05) is 41.6 Å². The van der Waals surface area contributed by atoms with E-state index in [0.717, 1.165) is 5.56 Å². The van der Waals surface area contributed by atoms with E-state index in [2.05, 4.69) is 15.4 Å². The van der Waals surface area contributed by atoms with Crippen LogP contribution in [-0.2, 0) is 18.4 Å². The number of rotatable bonds is 6. The number of thioether (sulfide) groups is 1. The number of nitrogens with one attached hydrogen (secondary N) is 1. The van der Waals surface area contributed by atoms with Gasteiger partial charge in [-0.05, 0) is 23.1 Å². The fourth-order valence-corrected chi connectivity index (χ4v) is 4.54. The monoisotopic (exact) mass is 445 g/mol. The van der Waals surface area contributed by atoms with Gasteiger partial charge >= 0.3 is 0 Å². The number of halogens is 1. The first kappa shape index (κ1) is 19.7. The summed E-state index contributed by atoms with van der Waals surface area (Å²) in [5.41, 5.74) is 0.795. The largest absolute Gasteiger partial charge is 0.310 e. The van der Waals surface area contributed by atoms with Gasteiger partial charge in [-0.25, -0.2) is 9.67 Å². The van der Waals surface area contributed by atoms with Crippen LogP contribution in [0.25, 0.3) is 10.2 Å². The van der Waals surface area contributed by atoms with Crippen molar-refractivity contribution in [2.75, 3.05) is 11.1 Å². The normalized spacial score (nSPS) is 11.1. The highest BCUT2D eigenvalue weighted by molar-refractivity contribution is 7.99. The molecule has 0 aliphatic heterocycles. The molecule has 0 radical (unpaired) electrons. The summed E-state index contributed by atoms with van der Waals surface area (Å²) in [6.45, 7) is 0.445. The zero-order valence-corrected chi connectivity index (χ0v) is 17.7. The third-order valence-corrected chi connectivity index (χ3v) is 6.46. The van der Waals surface area contributed by atoms with E-state index >= 15 is 0 Å². The molecule has 10 heteroatoms. The van der Waals surface area contributed by atoms with Crippen molar-refractivity contribution in [2.24, 2.45) is 7.05 Å². The molecule has 4 rings (SSSR count). The van der Waals surface area contributed by atoms with E-state index in [4.69, 9.17) is 11.6 Å². The second kappa shape index (κ2) is 8.40. The van der Waals surface area contributed by atoms with Crippen LogP contribution in [0.4, 0.5) is 5.82 Å². The molecule has 0 aliphatic rings. The minimum atomic E-state index is -0.212. The third kappa shape index (κ3) is 4.21. The average molecular weight is 446 g/mol. The number of amides is 1. The van der Waals surface area contributed by atoms with Crippen LogP contribution < -0.4 is 10.9 Å². The Kier molecular flexibility index (Phi) is 5.70. The molecule has 0 atom stereocenters. The first-order chi connectivity index (χ1) is 14.0. The standard InChI is InChI=1S/C19H16ClN5O2S2/c1-24-18(27)13-7-9-28-17(13)23-19(24)29-11-16(26)22-15-6-8-21-25(15)10-12-4-2-3-5-14(12)20/h2-9H,10-11H2,1H3,(H,22,26). The van der Waals surface area contributed by atoms with E-state index in [1.54, 1.807) is 30.1 Å². The van der Waals surface area contributed by atoms with E-state index in [-0.39, 0.29) is 17.2 Å². The zero-order chi connectivity index (χ0) is 20.4. The summed E-state index contributed by atoms with van der Waals surface area (Å²) in [7, 11) is 1.66. The maximum absolute atomic E-state index is 12.5. The van der Waals surface area contributed by atoms with Crippen LogP contribution >= 0.6 is 34.7 Å². The maximum atomic E-state index is 12.5. The molecule has 1 amide bonds. The Balaban J connectivity index is 1.44. The lowest BCUT2D eigenvalue weighted by Crippen LogP contribution is -2.21. The Morgan fingerprint density at radius 3 is 2.93 bits per heavy atom. The molecule has 148 valence electrons. The minimum absolute atomic E-state index is 0.114. The Hall–Kier alpha value is -2.62. The summed E-state index contributed by atoms with van der Waals surface area (Å²) >= 11 is 8.83. The second-order valence-electron chi connectivity index (χ2n) is 6.20. The first-order valence-electron chi connectivity index (χ1n) is 8.65. The van der Waals surface area contributed by atoms with E-state index in [9.17, 15) is 9.59 Å². The Morgan fingerprint density at radius 2 is 2.10 bits per heavy atom. The summed E-state index contributed by atoms with van der Waals surface area (Å²) in [6, 6.07) is 11.0. The SMILES string of the molecule is Cn1c(SCC(=O)Nc2ccnn2Cc2ccccc2Cl)nc2sccc2c1=O. The van der Waals surface area contributed by atoms with Gasteiger partial charge in [-0.2, -0.15) is 5.10 Å². The summed E-state index contributed by atoms with van der Waals surface area (Å²) in [5.74, 6) is 0.483. The van der Waals surface area contributed by atoms with Crippen molar-refractivity contribution in [3.05, 3.63) is 68.9 Å². The van der Waals surface area contributed by atoms with Crippen molar-refractivity contribution in [3.8, 4) is 0 Å². The molecular formula is C19H16ClN5O2S2. The van der Waals surface area contributed by atoms with Gasteiger partial charge in [0, 0.05) is 18.1 Å². The molecule has 0 saturated heterocycles. The molecule has 0 spiro atoms. The van der Waals surface area contributed by atoms with E-state index < -0.39 is 0 Å². The predicted octanol–water partition coefficient (Wildman–Crippen LogP) is 3.62. The van der Waals surface area contributed by atoms with Gasteiger partial charge in [0.1, 0.15) is 10.6 Å². The number of carbonyl (C=O) groups excluding carboxylic acids is 1. The van der Waals surface area contributed by atoms with Crippen LogP contribution in [0.15, 0.2) is 57.9 Å². The Morgan fingerprint density at radius 1 is 1.28 bits per heavy atom.